The molecule has 0 aliphatic heterocycles. The van der Waals surface area contributed by atoms with Gasteiger partial charge in [0.25, 0.3) is 5.56 Å². The molecule has 0 spiro atoms. The van der Waals surface area contributed by atoms with Crippen LogP contribution >= 0.6 is 0 Å². The van der Waals surface area contributed by atoms with Gasteiger partial charge in [-0.3, -0.25) is 4.79 Å². The molecule has 1 aromatic carbocycles. The van der Waals surface area contributed by atoms with Crippen molar-refractivity contribution in [1.82, 2.24) is 9.88 Å². The molecule has 4 heteroatoms. The minimum Gasteiger partial charge on any atom is -0.372 e. The molecule has 26 heavy (non-hydrogen) atoms. The zero-order valence-corrected chi connectivity index (χ0v) is 16.4. The number of pyridine rings is 1. The lowest BCUT2D eigenvalue weighted by Gasteiger charge is -2.31. The lowest BCUT2D eigenvalue weighted by atomic mass is 9.82. The summed E-state index contributed by atoms with van der Waals surface area (Å²) in [5.41, 5.74) is 3.03. The number of hydrogen-bond acceptors (Lipinski definition) is 3. The molecule has 1 saturated carbocycles. The van der Waals surface area contributed by atoms with E-state index in [1.807, 2.05) is 19.1 Å². The fourth-order valence-electron chi connectivity index (χ4n) is 4.01. The SMILES string of the molecule is CCc1cc2cc([C@@H](OCCN(C)C)C3CCCCC3)ccc2[nH]c1=O. The number of aromatic amines is 1. The standard InChI is InChI=1S/C22H32N2O2/c1-4-16-14-19-15-18(10-11-20(19)23-22(16)25)21(26-13-12-24(2)3)17-8-6-5-7-9-17/h10-11,14-15,17,21H,4-9,12-13H2,1-3H3,(H,23,25)/t21-/m0/s1. The number of nitrogens with one attached hydrogen (secondary N) is 1. The lowest BCUT2D eigenvalue weighted by Crippen LogP contribution is -2.24. The zero-order chi connectivity index (χ0) is 18.5. The average molecular weight is 357 g/mol. The van der Waals surface area contributed by atoms with E-state index < -0.39 is 0 Å². The molecule has 2 aromatic rings. The van der Waals surface area contributed by atoms with Crippen LogP contribution in [0.25, 0.3) is 10.9 Å². The average Bonchev–Trinajstić information content (AvgIpc) is 2.65. The van der Waals surface area contributed by atoms with Crippen LogP contribution in [0.15, 0.2) is 29.1 Å². The van der Waals surface area contributed by atoms with Gasteiger partial charge in [-0.25, -0.2) is 0 Å². The molecule has 1 fully saturated rings. The number of aromatic nitrogens is 1. The molecule has 142 valence electrons. The van der Waals surface area contributed by atoms with Crippen molar-refractivity contribution in [3.8, 4) is 0 Å². The number of nitrogens with zero attached hydrogens (tertiary/aromatic N) is 1. The van der Waals surface area contributed by atoms with Gasteiger partial charge in [0.2, 0.25) is 0 Å². The Balaban J connectivity index is 1.90. The van der Waals surface area contributed by atoms with Crippen LogP contribution in [0.4, 0.5) is 0 Å². The predicted octanol–water partition coefficient (Wildman–Crippen LogP) is 4.29. The number of ether oxygens (including phenoxy) is 1. The number of benzene rings is 1. The molecular weight excluding hydrogens is 324 g/mol. The molecule has 0 unspecified atom stereocenters. The second-order valence-corrected chi connectivity index (χ2v) is 7.82. The summed E-state index contributed by atoms with van der Waals surface area (Å²) < 4.78 is 6.39. The van der Waals surface area contributed by atoms with Crippen LogP contribution in [-0.2, 0) is 11.2 Å². The molecule has 4 nitrogen and oxygen atoms in total. The van der Waals surface area contributed by atoms with Gasteiger partial charge in [0, 0.05) is 17.6 Å². The third kappa shape index (κ3) is 4.54. The van der Waals surface area contributed by atoms with Crippen molar-refractivity contribution in [1.29, 1.82) is 0 Å². The summed E-state index contributed by atoms with van der Waals surface area (Å²) in [4.78, 5) is 17.2. The fourth-order valence-corrected chi connectivity index (χ4v) is 4.01. The highest BCUT2D eigenvalue weighted by Gasteiger charge is 2.26. The molecule has 1 heterocycles. The van der Waals surface area contributed by atoms with Crippen molar-refractivity contribution >= 4 is 10.9 Å². The van der Waals surface area contributed by atoms with Gasteiger partial charge < -0.3 is 14.6 Å². The Morgan fingerprint density at radius 1 is 1.19 bits per heavy atom. The van der Waals surface area contributed by atoms with Crippen molar-refractivity contribution < 1.29 is 4.74 Å². The summed E-state index contributed by atoms with van der Waals surface area (Å²) in [6.45, 7) is 3.71. The van der Waals surface area contributed by atoms with Crippen molar-refractivity contribution in [2.24, 2.45) is 5.92 Å². The van der Waals surface area contributed by atoms with E-state index in [1.54, 1.807) is 0 Å². The zero-order valence-electron chi connectivity index (χ0n) is 16.4. The van der Waals surface area contributed by atoms with Gasteiger partial charge in [0.1, 0.15) is 0 Å². The molecule has 3 rings (SSSR count). The van der Waals surface area contributed by atoms with Gasteiger partial charge in [0.15, 0.2) is 0 Å². The van der Waals surface area contributed by atoms with Gasteiger partial charge in [-0.1, -0.05) is 32.3 Å². The van der Waals surface area contributed by atoms with Crippen molar-refractivity contribution in [2.75, 3.05) is 27.2 Å². The topological polar surface area (TPSA) is 45.3 Å². The molecule has 0 radical (unpaired) electrons. The van der Waals surface area contributed by atoms with Crippen LogP contribution in [0.1, 0.15) is 56.3 Å². The lowest BCUT2D eigenvalue weighted by molar-refractivity contribution is -0.00681. The number of likely N-dealkylation sites (N-methyl/N-ethyl adjacent to an activating group) is 1. The summed E-state index contributed by atoms with van der Waals surface area (Å²) in [6, 6.07) is 8.43. The number of fused-ring (bicyclic) bond motifs is 1. The van der Waals surface area contributed by atoms with Gasteiger partial charge in [-0.05, 0) is 68.4 Å². The molecular formula is C22H32N2O2. The summed E-state index contributed by atoms with van der Waals surface area (Å²) in [5.74, 6) is 0.594. The molecule has 0 amide bonds. The minimum absolute atomic E-state index is 0.0267. The van der Waals surface area contributed by atoms with Crippen LogP contribution in [0.5, 0.6) is 0 Å². The third-order valence-corrected chi connectivity index (χ3v) is 5.57. The van der Waals surface area contributed by atoms with Gasteiger partial charge in [0.05, 0.1) is 12.7 Å². The Hall–Kier alpha value is -1.65. The number of hydrogen-bond donors (Lipinski definition) is 1. The van der Waals surface area contributed by atoms with Crippen molar-refractivity contribution in [3.63, 3.8) is 0 Å². The summed E-state index contributed by atoms with van der Waals surface area (Å²) in [5, 5.41) is 1.11. The van der Waals surface area contributed by atoms with Crippen LogP contribution in [0.3, 0.4) is 0 Å². The monoisotopic (exact) mass is 356 g/mol. The number of aryl methyl sites for hydroxylation is 1. The van der Waals surface area contributed by atoms with E-state index in [0.717, 1.165) is 36.0 Å². The van der Waals surface area contributed by atoms with E-state index in [2.05, 4.69) is 36.1 Å². The smallest absolute Gasteiger partial charge is 0.251 e. The third-order valence-electron chi connectivity index (χ3n) is 5.57. The normalized spacial score (nSPS) is 17.1. The Kier molecular flexibility index (Phi) is 6.49. The summed E-state index contributed by atoms with van der Waals surface area (Å²) in [7, 11) is 4.16. The number of H-pyrrole nitrogens is 1. The molecule has 0 saturated heterocycles. The molecule has 1 aliphatic carbocycles. The molecule has 1 N–H and O–H groups in total. The van der Waals surface area contributed by atoms with Crippen molar-refractivity contribution in [3.05, 3.63) is 45.7 Å². The first-order valence-corrected chi connectivity index (χ1v) is 10.0. The Labute approximate surface area is 156 Å². The fraction of sp³-hybridized carbons (Fsp3) is 0.591. The second-order valence-electron chi connectivity index (χ2n) is 7.82. The van der Waals surface area contributed by atoms with Crippen molar-refractivity contribution in [2.45, 2.75) is 51.6 Å². The number of rotatable bonds is 7. The molecule has 1 atom stereocenters. The van der Waals surface area contributed by atoms with Gasteiger partial charge in [-0.15, -0.1) is 0 Å². The van der Waals surface area contributed by atoms with E-state index in [4.69, 9.17) is 4.74 Å². The highest BCUT2D eigenvalue weighted by atomic mass is 16.5. The predicted molar refractivity (Wildman–Crippen MR) is 108 cm³/mol. The summed E-state index contributed by atoms with van der Waals surface area (Å²) in [6.07, 6.45) is 7.35. The van der Waals surface area contributed by atoms with E-state index in [9.17, 15) is 4.79 Å². The summed E-state index contributed by atoms with van der Waals surface area (Å²) >= 11 is 0. The van der Waals surface area contributed by atoms with Crippen LogP contribution < -0.4 is 5.56 Å². The Morgan fingerprint density at radius 3 is 2.65 bits per heavy atom. The first-order chi connectivity index (χ1) is 12.6. The quantitative estimate of drug-likeness (QED) is 0.805. The highest BCUT2D eigenvalue weighted by Crippen LogP contribution is 2.37. The highest BCUT2D eigenvalue weighted by molar-refractivity contribution is 5.79. The van der Waals surface area contributed by atoms with Crippen LogP contribution in [-0.4, -0.2) is 37.1 Å². The Bertz CT molecular complexity index is 775. The van der Waals surface area contributed by atoms with E-state index >= 15 is 0 Å². The van der Waals surface area contributed by atoms with E-state index in [0.29, 0.717) is 5.92 Å². The first kappa shape index (κ1) is 19.1. The van der Waals surface area contributed by atoms with E-state index in [-0.39, 0.29) is 11.7 Å². The maximum Gasteiger partial charge on any atom is 0.251 e. The maximum atomic E-state index is 12.1. The van der Waals surface area contributed by atoms with Gasteiger partial charge in [-0.2, -0.15) is 0 Å². The second kappa shape index (κ2) is 8.83. The van der Waals surface area contributed by atoms with Gasteiger partial charge >= 0.3 is 0 Å². The van der Waals surface area contributed by atoms with Crippen LogP contribution in [0, 0.1) is 5.92 Å². The largest absolute Gasteiger partial charge is 0.372 e. The van der Waals surface area contributed by atoms with E-state index in [1.165, 1.54) is 37.7 Å². The molecule has 1 aromatic heterocycles. The van der Waals surface area contributed by atoms with Crippen LogP contribution in [0.2, 0.25) is 0 Å². The molecule has 1 aliphatic rings. The Morgan fingerprint density at radius 2 is 1.96 bits per heavy atom. The maximum absolute atomic E-state index is 12.1. The molecule has 0 bridgehead atoms. The first-order valence-electron chi connectivity index (χ1n) is 10.0. The minimum atomic E-state index is 0.0267.